The molecule has 6 heteroatoms. The van der Waals surface area contributed by atoms with Gasteiger partial charge in [0.25, 0.3) is 11.7 Å². The van der Waals surface area contributed by atoms with Gasteiger partial charge in [0, 0.05) is 11.3 Å². The number of amides is 1. The highest BCUT2D eigenvalue weighted by atomic mass is 16.5. The molecule has 1 atom stereocenters. The van der Waals surface area contributed by atoms with Gasteiger partial charge in [0.05, 0.1) is 25.3 Å². The van der Waals surface area contributed by atoms with Gasteiger partial charge in [-0.15, -0.1) is 0 Å². The molecule has 3 aromatic carbocycles. The molecule has 0 radical (unpaired) electrons. The normalized spacial score (nSPS) is 17.0. The summed E-state index contributed by atoms with van der Waals surface area (Å²) in [6, 6.07) is 20.8. The Hall–Kier alpha value is -4.06. The molecular weight excluding hydrogens is 454 g/mol. The van der Waals surface area contributed by atoms with E-state index in [1.54, 1.807) is 61.7 Å². The van der Waals surface area contributed by atoms with Crippen molar-refractivity contribution in [2.75, 3.05) is 18.6 Å². The summed E-state index contributed by atoms with van der Waals surface area (Å²) < 4.78 is 11.2. The maximum Gasteiger partial charge on any atom is 0.300 e. The molecule has 4 rings (SSSR count). The molecule has 36 heavy (non-hydrogen) atoms. The zero-order valence-corrected chi connectivity index (χ0v) is 21.0. The summed E-state index contributed by atoms with van der Waals surface area (Å²) in [4.78, 5) is 28.1. The van der Waals surface area contributed by atoms with Crippen LogP contribution in [-0.4, -0.2) is 30.5 Å². The van der Waals surface area contributed by atoms with E-state index in [-0.39, 0.29) is 11.3 Å². The van der Waals surface area contributed by atoms with Gasteiger partial charge in [-0.1, -0.05) is 57.2 Å². The van der Waals surface area contributed by atoms with Crippen molar-refractivity contribution in [2.24, 2.45) is 5.92 Å². The van der Waals surface area contributed by atoms with Gasteiger partial charge in [-0.25, -0.2) is 0 Å². The van der Waals surface area contributed by atoms with Crippen LogP contribution >= 0.6 is 0 Å². The van der Waals surface area contributed by atoms with Crippen LogP contribution in [0.2, 0.25) is 0 Å². The molecule has 0 bridgehead atoms. The lowest BCUT2D eigenvalue weighted by Crippen LogP contribution is -2.29. The molecule has 1 saturated heterocycles. The van der Waals surface area contributed by atoms with Gasteiger partial charge in [-0.05, 0) is 59.9 Å². The Labute approximate surface area is 211 Å². The van der Waals surface area contributed by atoms with Gasteiger partial charge in [0.2, 0.25) is 0 Å². The van der Waals surface area contributed by atoms with Crippen molar-refractivity contribution < 1.29 is 24.2 Å². The number of anilines is 1. The van der Waals surface area contributed by atoms with Gasteiger partial charge in [-0.2, -0.15) is 0 Å². The number of carbonyl (C=O) groups is 2. The summed E-state index contributed by atoms with van der Waals surface area (Å²) in [5, 5.41) is 11.3. The number of rotatable bonds is 8. The minimum Gasteiger partial charge on any atom is -0.507 e. The fraction of sp³-hybridized carbons (Fsp3) is 0.267. The average molecular weight is 486 g/mol. The monoisotopic (exact) mass is 485 g/mol. The smallest absolute Gasteiger partial charge is 0.300 e. The molecule has 0 aromatic heterocycles. The molecule has 1 fully saturated rings. The Morgan fingerprint density at radius 2 is 1.67 bits per heavy atom. The largest absolute Gasteiger partial charge is 0.507 e. The topological polar surface area (TPSA) is 76.1 Å². The van der Waals surface area contributed by atoms with Crippen molar-refractivity contribution in [3.63, 3.8) is 0 Å². The van der Waals surface area contributed by atoms with Crippen LogP contribution in [0.1, 0.15) is 43.5 Å². The SMILES string of the molecule is CCc1ccc(/C(O)=C2/C(=O)C(=O)N(c3ccc(OCC(C)C)cc3)C2c2cccc(OC)c2)cc1. The number of hydrogen-bond acceptors (Lipinski definition) is 5. The first-order valence-corrected chi connectivity index (χ1v) is 12.1. The third-order valence-electron chi connectivity index (χ3n) is 6.19. The molecule has 1 heterocycles. The Balaban J connectivity index is 1.83. The van der Waals surface area contributed by atoms with Crippen LogP contribution in [0.15, 0.2) is 78.4 Å². The van der Waals surface area contributed by atoms with Crippen LogP contribution in [0, 0.1) is 5.92 Å². The van der Waals surface area contributed by atoms with Crippen LogP contribution in [0.25, 0.3) is 5.76 Å². The number of aliphatic hydroxyl groups is 1. The number of nitrogens with zero attached hydrogens (tertiary/aromatic N) is 1. The first-order chi connectivity index (χ1) is 17.3. The fourth-order valence-electron chi connectivity index (χ4n) is 4.25. The number of ketones is 1. The minimum absolute atomic E-state index is 0.0395. The number of ether oxygens (including phenoxy) is 2. The Kier molecular flexibility index (Phi) is 7.44. The molecule has 186 valence electrons. The van der Waals surface area contributed by atoms with Crippen molar-refractivity contribution in [1.82, 2.24) is 0 Å². The second-order valence-electron chi connectivity index (χ2n) is 9.19. The van der Waals surface area contributed by atoms with E-state index < -0.39 is 17.7 Å². The highest BCUT2D eigenvalue weighted by Crippen LogP contribution is 2.43. The summed E-state index contributed by atoms with van der Waals surface area (Å²) in [6.07, 6.45) is 0.853. The molecule has 1 amide bonds. The van der Waals surface area contributed by atoms with Crippen LogP contribution < -0.4 is 14.4 Å². The van der Waals surface area contributed by atoms with Crippen molar-refractivity contribution in [2.45, 2.75) is 33.2 Å². The molecule has 6 nitrogen and oxygen atoms in total. The molecule has 1 aliphatic heterocycles. The maximum absolute atomic E-state index is 13.4. The number of benzene rings is 3. The summed E-state index contributed by atoms with van der Waals surface area (Å²) in [6.45, 7) is 6.75. The lowest BCUT2D eigenvalue weighted by atomic mass is 9.94. The van der Waals surface area contributed by atoms with Crippen LogP contribution in [-0.2, 0) is 16.0 Å². The Bertz CT molecular complexity index is 1280. The number of Topliss-reactive ketones (excluding diaryl/α,β-unsaturated/α-hetero) is 1. The summed E-state index contributed by atoms with van der Waals surface area (Å²) in [5.41, 5.74) is 2.81. The molecule has 0 spiro atoms. The zero-order chi connectivity index (χ0) is 25.8. The second kappa shape index (κ2) is 10.7. The van der Waals surface area contributed by atoms with E-state index >= 15 is 0 Å². The van der Waals surface area contributed by atoms with Gasteiger partial charge in [0.1, 0.15) is 17.3 Å². The third kappa shape index (κ3) is 4.98. The van der Waals surface area contributed by atoms with Gasteiger partial charge < -0.3 is 14.6 Å². The van der Waals surface area contributed by atoms with E-state index in [1.807, 2.05) is 25.1 Å². The van der Waals surface area contributed by atoms with Gasteiger partial charge >= 0.3 is 0 Å². The molecular formula is C30H31NO5. The summed E-state index contributed by atoms with van der Waals surface area (Å²) >= 11 is 0. The molecule has 0 saturated carbocycles. The van der Waals surface area contributed by atoms with Crippen LogP contribution in [0.3, 0.4) is 0 Å². The maximum atomic E-state index is 13.4. The number of methoxy groups -OCH3 is 1. The summed E-state index contributed by atoms with van der Waals surface area (Å²) in [7, 11) is 1.56. The minimum atomic E-state index is -0.826. The predicted molar refractivity (Wildman–Crippen MR) is 140 cm³/mol. The first kappa shape index (κ1) is 25.0. The van der Waals surface area contributed by atoms with Gasteiger partial charge in [-0.3, -0.25) is 14.5 Å². The Morgan fingerprint density at radius 3 is 2.28 bits per heavy atom. The highest BCUT2D eigenvalue weighted by Gasteiger charge is 2.47. The van der Waals surface area contributed by atoms with E-state index in [1.165, 1.54) is 4.90 Å². The zero-order valence-electron chi connectivity index (χ0n) is 21.0. The molecule has 3 aromatic rings. The number of aryl methyl sites for hydroxylation is 1. The van der Waals surface area contributed by atoms with Crippen molar-refractivity contribution in [1.29, 1.82) is 0 Å². The van der Waals surface area contributed by atoms with Gasteiger partial charge in [0.15, 0.2) is 0 Å². The van der Waals surface area contributed by atoms with Crippen molar-refractivity contribution in [3.05, 3.63) is 95.1 Å². The average Bonchev–Trinajstić information content (AvgIpc) is 3.17. The summed E-state index contributed by atoms with van der Waals surface area (Å²) in [5.74, 6) is -0.00334. The van der Waals surface area contributed by atoms with Crippen molar-refractivity contribution >= 4 is 23.1 Å². The molecule has 1 unspecified atom stereocenters. The van der Waals surface area contributed by atoms with E-state index in [4.69, 9.17) is 9.47 Å². The Morgan fingerprint density at radius 1 is 0.972 bits per heavy atom. The highest BCUT2D eigenvalue weighted by molar-refractivity contribution is 6.51. The fourth-order valence-corrected chi connectivity index (χ4v) is 4.25. The van der Waals surface area contributed by atoms with E-state index in [2.05, 4.69) is 13.8 Å². The second-order valence-corrected chi connectivity index (χ2v) is 9.19. The predicted octanol–water partition coefficient (Wildman–Crippen LogP) is 5.92. The molecule has 1 aliphatic rings. The molecule has 1 N–H and O–H groups in total. The number of carbonyl (C=O) groups excluding carboxylic acids is 2. The van der Waals surface area contributed by atoms with Crippen LogP contribution in [0.5, 0.6) is 11.5 Å². The van der Waals surface area contributed by atoms with E-state index in [0.29, 0.717) is 40.8 Å². The van der Waals surface area contributed by atoms with Crippen LogP contribution in [0.4, 0.5) is 5.69 Å². The van der Waals surface area contributed by atoms with Crippen molar-refractivity contribution in [3.8, 4) is 11.5 Å². The number of hydrogen-bond donors (Lipinski definition) is 1. The lowest BCUT2D eigenvalue weighted by Gasteiger charge is -2.26. The lowest BCUT2D eigenvalue weighted by molar-refractivity contribution is -0.132. The molecule has 0 aliphatic carbocycles. The number of aliphatic hydroxyl groups excluding tert-OH is 1. The quantitative estimate of drug-likeness (QED) is 0.244. The third-order valence-corrected chi connectivity index (χ3v) is 6.19. The van der Waals surface area contributed by atoms with E-state index in [9.17, 15) is 14.7 Å². The first-order valence-electron chi connectivity index (χ1n) is 12.1. The standard InChI is InChI=1S/C30H31NO5/c1-5-20-9-11-21(12-10-20)28(32)26-27(22-7-6-8-25(17-22)35-4)31(30(34)29(26)33)23-13-15-24(16-14-23)36-18-19(2)3/h6-17,19,27,32H,5,18H2,1-4H3/b28-26-. The van der Waals surface area contributed by atoms with E-state index in [0.717, 1.165) is 12.0 Å².